The van der Waals surface area contributed by atoms with Crippen molar-refractivity contribution >= 4 is 23.9 Å². The minimum atomic E-state index is -0.905. The minimum Gasteiger partial charge on any atom is -0.508 e. The van der Waals surface area contributed by atoms with Gasteiger partial charge in [-0.1, -0.05) is 48.5 Å². The second kappa shape index (κ2) is 19.4. The maximum absolute atomic E-state index is 12.8. The monoisotopic (exact) mass is 932 g/mol. The molecule has 8 rings (SSSR count). The zero-order valence-corrected chi connectivity index (χ0v) is 36.1. The molecule has 0 unspecified atom stereocenters. The molecule has 0 heterocycles. The summed E-state index contributed by atoms with van der Waals surface area (Å²) < 4.78 is 22.4. The first-order valence-electron chi connectivity index (χ1n) is 20.8. The summed E-state index contributed by atoms with van der Waals surface area (Å²) in [5.41, 5.74) is 3.49. The van der Waals surface area contributed by atoms with E-state index in [0.29, 0.717) is 0 Å². The van der Waals surface area contributed by atoms with Gasteiger partial charge in [-0.3, -0.25) is 0 Å². The number of carbonyl (C=O) groups is 4. The third kappa shape index (κ3) is 10.2. The molecule has 2 aliphatic rings. The van der Waals surface area contributed by atoms with E-state index in [2.05, 4.69) is 0 Å². The molecular formula is C50H44O18. The lowest BCUT2D eigenvalue weighted by Gasteiger charge is -2.32. The van der Waals surface area contributed by atoms with E-state index in [-0.39, 0.29) is 82.1 Å². The highest BCUT2D eigenvalue weighted by Gasteiger charge is 2.37. The zero-order valence-electron chi connectivity index (χ0n) is 36.1. The number of hydrogen-bond donors (Lipinski definition) is 10. The molecule has 0 amide bonds. The predicted molar refractivity (Wildman–Crippen MR) is 236 cm³/mol. The van der Waals surface area contributed by atoms with Crippen LogP contribution in [0.4, 0.5) is 0 Å². The summed E-state index contributed by atoms with van der Waals surface area (Å²) >= 11 is 0. The van der Waals surface area contributed by atoms with Crippen molar-refractivity contribution in [1.29, 1.82) is 0 Å². The molecule has 10 N–H and O–H groups in total. The Balaban J connectivity index is 0.000000201. The first-order chi connectivity index (χ1) is 32.3. The summed E-state index contributed by atoms with van der Waals surface area (Å²) in [4.78, 5) is 51.1. The van der Waals surface area contributed by atoms with Crippen molar-refractivity contribution in [3.05, 3.63) is 153 Å². The Hall–Kier alpha value is -8.80. The lowest BCUT2D eigenvalue weighted by atomic mass is 9.87. The predicted octanol–water partition coefficient (Wildman–Crippen LogP) is 6.15. The number of hydrogen-bond acceptors (Lipinski definition) is 18. The van der Waals surface area contributed by atoms with Gasteiger partial charge in [-0.05, 0) is 84.6 Å². The topological polar surface area (TPSA) is 308 Å². The van der Waals surface area contributed by atoms with Gasteiger partial charge in [0.1, 0.15) is 47.4 Å². The standard InChI is InChI=1S/2C25H22O9/c2*1-12-17(26)6-15(7-18(12)27)24(31)33-21-10-13-4-2-3-5-14(13)11-22(21)34-25(32)16-8-19(28)23(30)20(29)9-16/h2*2-9,21-22,26-30H,10-11H2,1H3/t2*21-,22+/m11/s1. The molecule has 0 saturated heterocycles. The van der Waals surface area contributed by atoms with Crippen LogP contribution in [0.3, 0.4) is 0 Å². The fraction of sp³-hybridized carbons (Fsp3) is 0.200. The van der Waals surface area contributed by atoms with Gasteiger partial charge in [0.15, 0.2) is 34.5 Å². The molecule has 4 atom stereocenters. The molecular weight excluding hydrogens is 889 g/mol. The lowest BCUT2D eigenvalue weighted by molar-refractivity contribution is -0.0389. The molecule has 0 aromatic heterocycles. The molecule has 0 bridgehead atoms. The number of phenolic OH excluding ortho intramolecular Hbond substituents is 10. The number of esters is 4. The second-order valence-corrected chi connectivity index (χ2v) is 16.1. The zero-order chi connectivity index (χ0) is 49.1. The van der Waals surface area contributed by atoms with Crippen LogP contribution in [0.5, 0.6) is 57.5 Å². The number of rotatable bonds is 8. The van der Waals surface area contributed by atoms with Crippen LogP contribution in [0.25, 0.3) is 0 Å². The summed E-state index contributed by atoms with van der Waals surface area (Å²) in [6.07, 6.45) is -2.63. The van der Waals surface area contributed by atoms with Crippen molar-refractivity contribution in [2.45, 2.75) is 63.9 Å². The SMILES string of the molecule is Cc1c(O)cc(C(=O)O[C@@H]2Cc3ccccc3C[C@@H]2OC(=O)c2cc(O)c(O)c(O)c2)cc1O.Cc1c(O)cc(C(=O)O[C@@H]2Cc3ccccc3C[C@@H]2OC(=O)c2cc(O)c(O)c(O)c2)cc1O. The van der Waals surface area contributed by atoms with Crippen LogP contribution in [0.15, 0.2) is 97.1 Å². The van der Waals surface area contributed by atoms with Crippen molar-refractivity contribution in [1.82, 2.24) is 0 Å². The third-order valence-corrected chi connectivity index (χ3v) is 11.6. The van der Waals surface area contributed by atoms with Crippen molar-refractivity contribution in [2.75, 3.05) is 0 Å². The van der Waals surface area contributed by atoms with Gasteiger partial charge in [0.2, 0.25) is 0 Å². The number of benzene rings is 6. The third-order valence-electron chi connectivity index (χ3n) is 11.6. The fourth-order valence-corrected chi connectivity index (χ4v) is 7.64. The van der Waals surface area contributed by atoms with Gasteiger partial charge < -0.3 is 70.0 Å². The van der Waals surface area contributed by atoms with Crippen LogP contribution in [-0.4, -0.2) is 99.4 Å². The van der Waals surface area contributed by atoms with Crippen molar-refractivity contribution < 1.29 is 89.2 Å². The highest BCUT2D eigenvalue weighted by molar-refractivity contribution is 5.93. The molecule has 0 radical (unpaired) electrons. The van der Waals surface area contributed by atoms with Gasteiger partial charge in [-0.15, -0.1) is 0 Å². The number of phenols is 10. The number of carbonyl (C=O) groups excluding carboxylic acids is 4. The lowest BCUT2D eigenvalue weighted by Crippen LogP contribution is -2.41. The molecule has 18 heteroatoms. The van der Waals surface area contributed by atoms with Gasteiger partial charge in [0.25, 0.3) is 0 Å². The molecule has 352 valence electrons. The summed E-state index contributed by atoms with van der Waals surface area (Å²) in [5.74, 6) is -8.82. The summed E-state index contributed by atoms with van der Waals surface area (Å²) in [6.45, 7) is 2.98. The molecule has 2 aliphatic carbocycles. The summed E-state index contributed by atoms with van der Waals surface area (Å²) in [5, 5.41) is 97.5. The number of aromatic hydroxyl groups is 10. The number of ether oxygens (including phenoxy) is 4. The van der Waals surface area contributed by atoms with Crippen LogP contribution in [0.2, 0.25) is 0 Å². The highest BCUT2D eigenvalue weighted by atomic mass is 16.6. The van der Waals surface area contributed by atoms with E-state index in [0.717, 1.165) is 46.5 Å². The molecule has 0 aliphatic heterocycles. The van der Waals surface area contributed by atoms with Gasteiger partial charge in [-0.2, -0.15) is 0 Å². The van der Waals surface area contributed by atoms with Crippen LogP contribution in [-0.2, 0) is 44.6 Å². The first kappa shape index (κ1) is 47.2. The molecule has 68 heavy (non-hydrogen) atoms. The van der Waals surface area contributed by atoms with Crippen LogP contribution in [0.1, 0.15) is 74.8 Å². The quantitative estimate of drug-likeness (QED) is 0.0465. The first-order valence-corrected chi connectivity index (χ1v) is 20.8. The molecule has 6 aromatic rings. The van der Waals surface area contributed by atoms with E-state index in [9.17, 15) is 70.2 Å². The highest BCUT2D eigenvalue weighted by Crippen LogP contribution is 2.38. The smallest absolute Gasteiger partial charge is 0.338 e. The van der Waals surface area contributed by atoms with E-state index in [1.807, 2.05) is 48.5 Å². The van der Waals surface area contributed by atoms with Gasteiger partial charge in [0.05, 0.1) is 22.3 Å². The van der Waals surface area contributed by atoms with Crippen molar-refractivity contribution in [3.8, 4) is 57.5 Å². The minimum absolute atomic E-state index is 0.0714. The van der Waals surface area contributed by atoms with Crippen LogP contribution >= 0.6 is 0 Å². The average molecular weight is 933 g/mol. The Morgan fingerprint density at radius 1 is 0.353 bits per heavy atom. The molecule has 0 saturated carbocycles. The largest absolute Gasteiger partial charge is 0.508 e. The molecule has 0 spiro atoms. The second-order valence-electron chi connectivity index (χ2n) is 16.1. The molecule has 6 aromatic carbocycles. The Labute approximate surface area is 386 Å². The molecule has 0 fully saturated rings. The fourth-order valence-electron chi connectivity index (χ4n) is 7.64. The van der Waals surface area contributed by atoms with Gasteiger partial charge in [0, 0.05) is 36.8 Å². The maximum atomic E-state index is 12.8. The van der Waals surface area contributed by atoms with Gasteiger partial charge in [-0.25, -0.2) is 19.2 Å². The van der Waals surface area contributed by atoms with E-state index >= 15 is 0 Å². The van der Waals surface area contributed by atoms with Crippen molar-refractivity contribution in [3.63, 3.8) is 0 Å². The van der Waals surface area contributed by atoms with Gasteiger partial charge >= 0.3 is 23.9 Å². The summed E-state index contributed by atoms with van der Waals surface area (Å²) in [7, 11) is 0. The molecule has 18 nitrogen and oxygen atoms in total. The Kier molecular flexibility index (Phi) is 13.4. The van der Waals surface area contributed by atoms with E-state index < -0.39 is 82.8 Å². The Morgan fingerprint density at radius 3 is 0.750 bits per heavy atom. The van der Waals surface area contributed by atoms with Crippen LogP contribution in [0, 0.1) is 13.8 Å². The Bertz CT molecular complexity index is 2470. The van der Waals surface area contributed by atoms with E-state index in [1.165, 1.54) is 38.1 Å². The normalized spacial score (nSPS) is 17.0. The van der Waals surface area contributed by atoms with Crippen molar-refractivity contribution in [2.24, 2.45) is 0 Å². The van der Waals surface area contributed by atoms with E-state index in [4.69, 9.17) is 18.9 Å². The number of fused-ring (bicyclic) bond motifs is 2. The van der Waals surface area contributed by atoms with Crippen LogP contribution < -0.4 is 0 Å². The Morgan fingerprint density at radius 2 is 0.544 bits per heavy atom. The average Bonchev–Trinajstić information content (AvgIpc) is 3.30. The van der Waals surface area contributed by atoms with E-state index in [1.54, 1.807) is 0 Å². The maximum Gasteiger partial charge on any atom is 0.338 e. The summed E-state index contributed by atoms with van der Waals surface area (Å²) in [6, 6.07) is 23.3.